The molecule has 0 aromatic heterocycles. The number of hydrogen-bond acceptors (Lipinski definition) is 3. The highest BCUT2D eigenvalue weighted by molar-refractivity contribution is 9.10. The summed E-state index contributed by atoms with van der Waals surface area (Å²) in [6.07, 6.45) is 0. The Bertz CT molecular complexity index is 461. The molecular weight excluding hydrogens is 328 g/mol. The lowest BCUT2D eigenvalue weighted by molar-refractivity contribution is -0.123. The molecule has 8 heteroatoms. The Morgan fingerprint density at radius 2 is 2.06 bits per heavy atom. The lowest BCUT2D eigenvalue weighted by Crippen LogP contribution is -2.36. The molecule has 0 atom stereocenters. The Labute approximate surface area is 116 Å². The quantitative estimate of drug-likeness (QED) is 0.772. The minimum Gasteiger partial charge on any atom is -0.346 e. The second kappa shape index (κ2) is 6.67. The lowest BCUT2D eigenvalue weighted by Gasteiger charge is -2.10. The molecule has 0 aliphatic heterocycles. The number of halogens is 3. The van der Waals surface area contributed by atoms with Crippen LogP contribution >= 0.6 is 27.5 Å². The van der Waals surface area contributed by atoms with Gasteiger partial charge in [0.15, 0.2) is 0 Å². The van der Waals surface area contributed by atoms with Crippen molar-refractivity contribution in [1.29, 1.82) is 0 Å². The van der Waals surface area contributed by atoms with E-state index in [2.05, 4.69) is 26.6 Å². The first kappa shape index (κ1) is 14.9. The molecule has 0 spiro atoms. The van der Waals surface area contributed by atoms with Gasteiger partial charge in [0.2, 0.25) is 11.8 Å². The summed E-state index contributed by atoms with van der Waals surface area (Å²) in [5.74, 6) is -1.47. The molecule has 0 aliphatic carbocycles. The van der Waals surface area contributed by atoms with Crippen molar-refractivity contribution in [1.82, 2.24) is 5.32 Å². The summed E-state index contributed by atoms with van der Waals surface area (Å²) >= 11 is 8.85. The van der Waals surface area contributed by atoms with E-state index in [1.54, 1.807) is 0 Å². The van der Waals surface area contributed by atoms with Crippen LogP contribution < -0.4 is 16.4 Å². The minimum absolute atomic E-state index is 0.0559. The zero-order chi connectivity index (χ0) is 13.7. The van der Waals surface area contributed by atoms with Gasteiger partial charge >= 0.3 is 0 Å². The van der Waals surface area contributed by atoms with Gasteiger partial charge in [-0.1, -0.05) is 11.6 Å². The van der Waals surface area contributed by atoms with Crippen LogP contribution in [0, 0.1) is 5.82 Å². The molecular formula is C10H10BrClFN3O2. The van der Waals surface area contributed by atoms with E-state index in [0.29, 0.717) is 4.47 Å². The third-order valence-electron chi connectivity index (χ3n) is 1.90. The molecule has 0 heterocycles. The fraction of sp³-hybridized carbons (Fsp3) is 0.200. The standard InChI is InChI=1S/C10H10BrClFN3O2/c11-6-1-5(13)2-7(12)10(6)16-9(18)4-15-8(17)3-14/h1-2H,3-4,14H2,(H,15,17)(H,16,18). The molecule has 1 rings (SSSR count). The van der Waals surface area contributed by atoms with Gasteiger partial charge in [0, 0.05) is 4.47 Å². The van der Waals surface area contributed by atoms with Gasteiger partial charge < -0.3 is 16.4 Å². The number of amides is 2. The number of rotatable bonds is 4. The van der Waals surface area contributed by atoms with Crippen LogP contribution in [0.4, 0.5) is 10.1 Å². The van der Waals surface area contributed by atoms with Crippen molar-refractivity contribution in [2.75, 3.05) is 18.4 Å². The average molecular weight is 339 g/mol. The summed E-state index contributed by atoms with van der Waals surface area (Å²) in [6, 6.07) is 2.24. The lowest BCUT2D eigenvalue weighted by atomic mass is 10.3. The molecule has 2 amide bonds. The average Bonchev–Trinajstić information content (AvgIpc) is 2.30. The first-order chi connectivity index (χ1) is 8.43. The van der Waals surface area contributed by atoms with Crippen LogP contribution in [-0.4, -0.2) is 24.9 Å². The van der Waals surface area contributed by atoms with Crippen LogP contribution in [0.15, 0.2) is 16.6 Å². The highest BCUT2D eigenvalue weighted by Crippen LogP contribution is 2.31. The largest absolute Gasteiger partial charge is 0.346 e. The maximum atomic E-state index is 12.9. The first-order valence-electron chi connectivity index (χ1n) is 4.85. The molecule has 18 heavy (non-hydrogen) atoms. The van der Waals surface area contributed by atoms with Gasteiger partial charge in [-0.05, 0) is 28.1 Å². The molecule has 0 unspecified atom stereocenters. The minimum atomic E-state index is -0.527. The zero-order valence-corrected chi connectivity index (χ0v) is 11.4. The van der Waals surface area contributed by atoms with Crippen LogP contribution in [0.5, 0.6) is 0 Å². The Morgan fingerprint density at radius 3 is 2.61 bits per heavy atom. The van der Waals surface area contributed by atoms with Crippen LogP contribution in [0.2, 0.25) is 5.02 Å². The van der Waals surface area contributed by atoms with Gasteiger partial charge in [0.1, 0.15) is 5.82 Å². The van der Waals surface area contributed by atoms with Crippen molar-refractivity contribution in [3.63, 3.8) is 0 Å². The molecule has 0 aliphatic rings. The molecule has 0 saturated heterocycles. The number of anilines is 1. The molecule has 0 fully saturated rings. The molecule has 5 nitrogen and oxygen atoms in total. The molecule has 0 saturated carbocycles. The van der Waals surface area contributed by atoms with Gasteiger partial charge in [-0.15, -0.1) is 0 Å². The smallest absolute Gasteiger partial charge is 0.243 e. The SMILES string of the molecule is NCC(=O)NCC(=O)Nc1c(Cl)cc(F)cc1Br. The molecule has 0 radical (unpaired) electrons. The number of carbonyl (C=O) groups excluding carboxylic acids is 2. The summed E-state index contributed by atoms with van der Waals surface area (Å²) < 4.78 is 13.3. The molecule has 98 valence electrons. The summed E-state index contributed by atoms with van der Waals surface area (Å²) in [4.78, 5) is 22.3. The normalized spacial score (nSPS) is 10.0. The molecule has 1 aromatic rings. The molecule has 4 N–H and O–H groups in total. The van der Waals surface area contributed by atoms with E-state index in [-0.39, 0.29) is 23.8 Å². The fourth-order valence-electron chi connectivity index (χ4n) is 1.10. The Kier molecular flexibility index (Phi) is 5.52. The topological polar surface area (TPSA) is 84.2 Å². The number of hydrogen-bond donors (Lipinski definition) is 3. The summed E-state index contributed by atoms with van der Waals surface area (Å²) in [7, 11) is 0. The van der Waals surface area contributed by atoms with E-state index < -0.39 is 17.6 Å². The summed E-state index contributed by atoms with van der Waals surface area (Å²) in [5, 5.41) is 4.80. The Balaban J connectivity index is 2.68. The second-order valence-electron chi connectivity index (χ2n) is 3.27. The van der Waals surface area contributed by atoms with Crippen molar-refractivity contribution in [3.8, 4) is 0 Å². The fourth-order valence-corrected chi connectivity index (χ4v) is 2.00. The van der Waals surface area contributed by atoms with Crippen molar-refractivity contribution in [3.05, 3.63) is 27.4 Å². The second-order valence-corrected chi connectivity index (χ2v) is 4.54. The predicted octanol–water partition coefficient (Wildman–Crippen LogP) is 1.25. The molecule has 0 bridgehead atoms. The van der Waals surface area contributed by atoms with Crippen molar-refractivity contribution < 1.29 is 14.0 Å². The van der Waals surface area contributed by atoms with Crippen molar-refractivity contribution in [2.24, 2.45) is 5.73 Å². The van der Waals surface area contributed by atoms with Gasteiger partial charge in [0.25, 0.3) is 0 Å². The maximum Gasteiger partial charge on any atom is 0.243 e. The summed E-state index contributed by atoms with van der Waals surface area (Å²) in [6.45, 7) is -0.440. The van der Waals surface area contributed by atoms with E-state index in [4.69, 9.17) is 17.3 Å². The van der Waals surface area contributed by atoms with Gasteiger partial charge in [-0.3, -0.25) is 9.59 Å². The third kappa shape index (κ3) is 4.25. The number of nitrogens with one attached hydrogen (secondary N) is 2. The van der Waals surface area contributed by atoms with E-state index in [1.807, 2.05) is 0 Å². The monoisotopic (exact) mass is 337 g/mol. The number of benzene rings is 1. The predicted molar refractivity (Wildman–Crippen MR) is 69.8 cm³/mol. The highest BCUT2D eigenvalue weighted by atomic mass is 79.9. The third-order valence-corrected chi connectivity index (χ3v) is 2.83. The first-order valence-corrected chi connectivity index (χ1v) is 6.02. The Morgan fingerprint density at radius 1 is 1.39 bits per heavy atom. The van der Waals surface area contributed by atoms with Crippen LogP contribution in [-0.2, 0) is 9.59 Å². The van der Waals surface area contributed by atoms with Crippen LogP contribution in [0.1, 0.15) is 0 Å². The summed E-state index contributed by atoms with van der Waals surface area (Å²) in [5.41, 5.74) is 5.30. The van der Waals surface area contributed by atoms with E-state index in [9.17, 15) is 14.0 Å². The Hall–Kier alpha value is -1.18. The van der Waals surface area contributed by atoms with E-state index in [0.717, 1.165) is 6.07 Å². The van der Waals surface area contributed by atoms with Crippen LogP contribution in [0.25, 0.3) is 0 Å². The maximum absolute atomic E-state index is 12.9. The number of carbonyl (C=O) groups is 2. The van der Waals surface area contributed by atoms with Gasteiger partial charge in [-0.2, -0.15) is 0 Å². The van der Waals surface area contributed by atoms with E-state index in [1.165, 1.54) is 6.07 Å². The zero-order valence-electron chi connectivity index (χ0n) is 9.10. The van der Waals surface area contributed by atoms with Gasteiger partial charge in [-0.25, -0.2) is 4.39 Å². The van der Waals surface area contributed by atoms with Crippen LogP contribution in [0.3, 0.4) is 0 Å². The van der Waals surface area contributed by atoms with Crippen molar-refractivity contribution in [2.45, 2.75) is 0 Å². The van der Waals surface area contributed by atoms with Crippen molar-refractivity contribution >= 4 is 45.0 Å². The number of nitrogens with two attached hydrogens (primary N) is 1. The molecule has 1 aromatic carbocycles. The van der Waals surface area contributed by atoms with E-state index >= 15 is 0 Å². The van der Waals surface area contributed by atoms with Gasteiger partial charge in [0.05, 0.1) is 23.8 Å². The highest BCUT2D eigenvalue weighted by Gasteiger charge is 2.11.